The third-order valence-electron chi connectivity index (χ3n) is 3.44. The van der Waals surface area contributed by atoms with Crippen LogP contribution in [0, 0.1) is 0 Å². The van der Waals surface area contributed by atoms with Gasteiger partial charge in [-0.15, -0.1) is 0 Å². The highest BCUT2D eigenvalue weighted by molar-refractivity contribution is 7.80. The van der Waals surface area contributed by atoms with E-state index in [1.165, 1.54) is 25.7 Å². The van der Waals surface area contributed by atoms with E-state index < -0.39 is 0 Å². The number of aliphatic hydroxyl groups is 1. The number of thiocarbonyl (C=S) groups is 1. The number of hydrogen-bond acceptors (Lipinski definition) is 4. The second-order valence-corrected chi connectivity index (χ2v) is 5.06. The quantitative estimate of drug-likeness (QED) is 0.789. The topological polar surface area (TPSA) is 62.4 Å². The van der Waals surface area contributed by atoms with E-state index in [2.05, 4.69) is 9.88 Å². The van der Waals surface area contributed by atoms with Gasteiger partial charge < -0.3 is 15.7 Å². The summed E-state index contributed by atoms with van der Waals surface area (Å²) in [4.78, 5) is 6.82. The Kier molecular flexibility index (Phi) is 4.49. The monoisotopic (exact) mass is 265 g/mol. The van der Waals surface area contributed by atoms with E-state index >= 15 is 0 Å². The van der Waals surface area contributed by atoms with Crippen LogP contribution in [0.4, 0.5) is 5.69 Å². The molecule has 1 aliphatic rings. The molecule has 1 heterocycles. The van der Waals surface area contributed by atoms with Gasteiger partial charge in [0.2, 0.25) is 0 Å². The summed E-state index contributed by atoms with van der Waals surface area (Å²) in [5.74, 6) is 0. The summed E-state index contributed by atoms with van der Waals surface area (Å²) in [6.45, 7) is 0.812. The van der Waals surface area contributed by atoms with Crippen molar-refractivity contribution >= 4 is 22.9 Å². The van der Waals surface area contributed by atoms with Gasteiger partial charge in [-0.05, 0) is 25.0 Å². The van der Waals surface area contributed by atoms with Crippen molar-refractivity contribution < 1.29 is 5.11 Å². The molecule has 5 heteroatoms. The predicted molar refractivity (Wildman–Crippen MR) is 76.8 cm³/mol. The van der Waals surface area contributed by atoms with Gasteiger partial charge in [0.25, 0.3) is 0 Å². The molecule has 0 spiro atoms. The van der Waals surface area contributed by atoms with Crippen LogP contribution in [0.5, 0.6) is 0 Å². The molecule has 0 atom stereocenters. The number of nitrogens with two attached hydrogens (primary N) is 1. The lowest BCUT2D eigenvalue weighted by Gasteiger charge is -2.30. The van der Waals surface area contributed by atoms with Crippen molar-refractivity contribution in [2.45, 2.75) is 31.7 Å². The van der Waals surface area contributed by atoms with Crippen molar-refractivity contribution in [3.05, 3.63) is 24.0 Å². The van der Waals surface area contributed by atoms with Gasteiger partial charge in [-0.2, -0.15) is 0 Å². The molecule has 1 aromatic rings. The van der Waals surface area contributed by atoms with Crippen LogP contribution < -0.4 is 10.6 Å². The average Bonchev–Trinajstić information content (AvgIpc) is 2.90. The van der Waals surface area contributed by atoms with E-state index in [4.69, 9.17) is 18.0 Å². The Hall–Kier alpha value is -1.20. The predicted octanol–water partition coefficient (Wildman–Crippen LogP) is 1.46. The smallest absolute Gasteiger partial charge is 0.122 e. The van der Waals surface area contributed by atoms with Gasteiger partial charge in [0.1, 0.15) is 4.99 Å². The number of rotatable bonds is 5. The van der Waals surface area contributed by atoms with Crippen molar-refractivity contribution in [2.24, 2.45) is 5.73 Å². The zero-order chi connectivity index (χ0) is 13.0. The van der Waals surface area contributed by atoms with Crippen LogP contribution >= 0.6 is 12.2 Å². The minimum absolute atomic E-state index is 0.160. The van der Waals surface area contributed by atoms with Crippen molar-refractivity contribution in [3.63, 3.8) is 0 Å². The van der Waals surface area contributed by atoms with E-state index in [9.17, 15) is 5.11 Å². The molecule has 2 rings (SSSR count). The largest absolute Gasteiger partial charge is 0.395 e. The fourth-order valence-corrected chi connectivity index (χ4v) is 2.67. The van der Waals surface area contributed by atoms with E-state index in [1.807, 2.05) is 12.1 Å². The van der Waals surface area contributed by atoms with Crippen LogP contribution in [-0.2, 0) is 0 Å². The SMILES string of the molecule is NC(=S)c1ccc(N(CCO)C2CCCC2)cn1. The maximum Gasteiger partial charge on any atom is 0.122 e. The molecule has 1 aromatic heterocycles. The molecule has 1 fully saturated rings. The lowest BCUT2D eigenvalue weighted by Crippen LogP contribution is -2.35. The summed E-state index contributed by atoms with van der Waals surface area (Å²) < 4.78 is 0. The summed E-state index contributed by atoms with van der Waals surface area (Å²) in [7, 11) is 0. The zero-order valence-electron chi connectivity index (χ0n) is 10.4. The normalized spacial score (nSPS) is 15.8. The molecule has 0 aromatic carbocycles. The van der Waals surface area contributed by atoms with Crippen LogP contribution in [-0.4, -0.2) is 34.3 Å². The minimum Gasteiger partial charge on any atom is -0.395 e. The molecule has 0 bridgehead atoms. The minimum atomic E-state index is 0.160. The first kappa shape index (κ1) is 13.2. The van der Waals surface area contributed by atoms with E-state index in [0.717, 1.165) is 5.69 Å². The van der Waals surface area contributed by atoms with Gasteiger partial charge in [-0.25, -0.2) is 0 Å². The molecule has 0 unspecified atom stereocenters. The number of pyridine rings is 1. The van der Waals surface area contributed by atoms with Gasteiger partial charge in [-0.3, -0.25) is 4.98 Å². The first-order valence-corrected chi connectivity index (χ1v) is 6.76. The van der Waals surface area contributed by atoms with Crippen LogP contribution in [0.3, 0.4) is 0 Å². The molecule has 0 aliphatic heterocycles. The molecule has 1 saturated carbocycles. The summed E-state index contributed by atoms with van der Waals surface area (Å²) >= 11 is 4.89. The Balaban J connectivity index is 2.16. The molecule has 3 N–H and O–H groups in total. The first-order chi connectivity index (χ1) is 8.72. The number of nitrogens with zero attached hydrogens (tertiary/aromatic N) is 2. The Bertz CT molecular complexity index is 401. The maximum atomic E-state index is 9.20. The second kappa shape index (κ2) is 6.11. The number of aromatic nitrogens is 1. The molecular weight excluding hydrogens is 246 g/mol. The fourth-order valence-electron chi connectivity index (χ4n) is 2.55. The molecule has 0 saturated heterocycles. The van der Waals surface area contributed by atoms with Crippen LogP contribution in [0.2, 0.25) is 0 Å². The Labute approximate surface area is 113 Å². The maximum absolute atomic E-state index is 9.20. The lowest BCUT2D eigenvalue weighted by molar-refractivity contribution is 0.297. The number of aliphatic hydroxyl groups excluding tert-OH is 1. The van der Waals surface area contributed by atoms with Crippen LogP contribution in [0.15, 0.2) is 18.3 Å². The Morgan fingerprint density at radius 3 is 2.67 bits per heavy atom. The second-order valence-electron chi connectivity index (χ2n) is 4.62. The third kappa shape index (κ3) is 2.97. The highest BCUT2D eigenvalue weighted by atomic mass is 32.1. The molecular formula is C13H19N3OS. The Morgan fingerprint density at radius 2 is 2.17 bits per heavy atom. The highest BCUT2D eigenvalue weighted by Gasteiger charge is 2.22. The molecule has 0 amide bonds. The molecule has 1 aliphatic carbocycles. The van der Waals surface area contributed by atoms with Gasteiger partial charge >= 0.3 is 0 Å². The molecule has 18 heavy (non-hydrogen) atoms. The molecule has 98 valence electrons. The lowest BCUT2D eigenvalue weighted by atomic mass is 10.2. The molecule has 4 nitrogen and oxygen atoms in total. The first-order valence-electron chi connectivity index (χ1n) is 6.35. The van der Waals surface area contributed by atoms with Crippen LogP contribution in [0.25, 0.3) is 0 Å². The van der Waals surface area contributed by atoms with Gasteiger partial charge in [0.15, 0.2) is 0 Å². The van der Waals surface area contributed by atoms with Crippen molar-refractivity contribution in [1.82, 2.24) is 4.98 Å². The summed E-state index contributed by atoms with van der Waals surface area (Å²) in [5.41, 5.74) is 7.22. The zero-order valence-corrected chi connectivity index (χ0v) is 11.2. The van der Waals surface area contributed by atoms with E-state index in [1.54, 1.807) is 6.20 Å². The standard InChI is InChI=1S/C13H19N3OS/c14-13(18)12-6-5-11(9-15-12)16(7-8-17)10-3-1-2-4-10/h5-6,9-10,17H,1-4,7-8H2,(H2,14,18). The van der Waals surface area contributed by atoms with Crippen molar-refractivity contribution in [2.75, 3.05) is 18.1 Å². The van der Waals surface area contributed by atoms with E-state index in [0.29, 0.717) is 23.3 Å². The molecule has 0 radical (unpaired) electrons. The summed E-state index contributed by atoms with van der Waals surface area (Å²) in [5, 5.41) is 9.20. The number of hydrogen-bond donors (Lipinski definition) is 2. The van der Waals surface area contributed by atoms with E-state index in [-0.39, 0.29) is 6.61 Å². The summed E-state index contributed by atoms with van der Waals surface area (Å²) in [6.07, 6.45) is 6.71. The van der Waals surface area contributed by atoms with Gasteiger partial charge in [0.05, 0.1) is 24.2 Å². The van der Waals surface area contributed by atoms with Gasteiger partial charge in [0, 0.05) is 12.6 Å². The summed E-state index contributed by atoms with van der Waals surface area (Å²) in [6, 6.07) is 4.35. The highest BCUT2D eigenvalue weighted by Crippen LogP contribution is 2.27. The van der Waals surface area contributed by atoms with Crippen LogP contribution in [0.1, 0.15) is 31.4 Å². The third-order valence-corrected chi connectivity index (χ3v) is 3.65. The average molecular weight is 265 g/mol. The van der Waals surface area contributed by atoms with Crippen molar-refractivity contribution in [1.29, 1.82) is 0 Å². The van der Waals surface area contributed by atoms with Crippen molar-refractivity contribution in [3.8, 4) is 0 Å². The van der Waals surface area contributed by atoms with Gasteiger partial charge in [-0.1, -0.05) is 25.1 Å². The number of anilines is 1. The fraction of sp³-hybridized carbons (Fsp3) is 0.538. The Morgan fingerprint density at radius 1 is 1.44 bits per heavy atom.